The van der Waals surface area contributed by atoms with Crippen LogP contribution in [0.1, 0.15) is 58.8 Å². The lowest BCUT2D eigenvalue weighted by atomic mass is 10.1. The van der Waals surface area contributed by atoms with Crippen molar-refractivity contribution in [3.05, 3.63) is 17.7 Å². The van der Waals surface area contributed by atoms with Gasteiger partial charge in [0.25, 0.3) is 0 Å². The van der Waals surface area contributed by atoms with Crippen LogP contribution in [0.5, 0.6) is 17.2 Å². The predicted octanol–water partition coefficient (Wildman–Crippen LogP) is 4.17. The molecule has 0 N–H and O–H groups in total. The lowest BCUT2D eigenvalue weighted by Gasteiger charge is -2.24. The quantitative estimate of drug-likeness (QED) is 0.373. The van der Waals surface area contributed by atoms with E-state index in [4.69, 9.17) is 28.4 Å². The molecule has 0 aliphatic rings. The monoisotopic (exact) mass is 384 g/mol. The first-order chi connectivity index (χ1) is 12.8. The van der Waals surface area contributed by atoms with E-state index in [2.05, 4.69) is 0 Å². The summed E-state index contributed by atoms with van der Waals surface area (Å²) >= 11 is 0. The smallest absolute Gasteiger partial charge is 0.206 e. The molecule has 27 heavy (non-hydrogen) atoms. The summed E-state index contributed by atoms with van der Waals surface area (Å²) in [6.07, 6.45) is -1.59. The highest BCUT2D eigenvalue weighted by Gasteiger charge is 2.22. The lowest BCUT2D eigenvalue weighted by molar-refractivity contribution is -0.0849. The van der Waals surface area contributed by atoms with E-state index in [9.17, 15) is 4.79 Å². The van der Waals surface area contributed by atoms with Crippen molar-refractivity contribution in [3.8, 4) is 17.2 Å². The fourth-order valence-corrected chi connectivity index (χ4v) is 2.40. The Morgan fingerprint density at radius 2 is 1.15 bits per heavy atom. The lowest BCUT2D eigenvalue weighted by Crippen LogP contribution is -2.22. The van der Waals surface area contributed by atoms with Gasteiger partial charge in [0.2, 0.25) is 5.75 Å². The Morgan fingerprint density at radius 1 is 0.778 bits per heavy atom. The zero-order chi connectivity index (χ0) is 20.4. The highest BCUT2D eigenvalue weighted by molar-refractivity contribution is 5.95. The number of rotatable bonds is 13. The molecule has 154 valence electrons. The van der Waals surface area contributed by atoms with E-state index in [0.29, 0.717) is 42.6 Å². The van der Waals surface area contributed by atoms with Gasteiger partial charge in [0.05, 0.1) is 0 Å². The third-order valence-electron chi connectivity index (χ3n) is 3.50. The standard InChI is InChI=1S/C20H32O7/c1-8-22-14(5)25-18-11-17(13(4)21)12-19(26-15(6)23-9-2)20(18)27-16(7)24-10-3/h11-12,14-16H,8-10H2,1-7H3. The van der Waals surface area contributed by atoms with E-state index in [0.717, 1.165) is 0 Å². The van der Waals surface area contributed by atoms with Crippen molar-refractivity contribution in [2.24, 2.45) is 0 Å². The number of ether oxygens (including phenoxy) is 6. The van der Waals surface area contributed by atoms with E-state index in [1.807, 2.05) is 20.8 Å². The number of hydrogen-bond acceptors (Lipinski definition) is 7. The zero-order valence-electron chi connectivity index (χ0n) is 17.4. The molecule has 1 rings (SSSR count). The minimum Gasteiger partial charge on any atom is -0.461 e. The van der Waals surface area contributed by atoms with Gasteiger partial charge in [-0.25, -0.2) is 0 Å². The summed E-state index contributed by atoms with van der Waals surface area (Å²) in [6.45, 7) is 13.9. The summed E-state index contributed by atoms with van der Waals surface area (Å²) in [5, 5.41) is 0. The van der Waals surface area contributed by atoms with Gasteiger partial charge in [0.1, 0.15) is 0 Å². The van der Waals surface area contributed by atoms with Crippen molar-refractivity contribution in [2.45, 2.75) is 67.3 Å². The summed E-state index contributed by atoms with van der Waals surface area (Å²) in [6, 6.07) is 3.23. The maximum absolute atomic E-state index is 12.0. The molecule has 0 saturated carbocycles. The molecule has 1 aromatic carbocycles. The van der Waals surface area contributed by atoms with Gasteiger partial charge < -0.3 is 28.4 Å². The van der Waals surface area contributed by atoms with Crippen molar-refractivity contribution in [2.75, 3.05) is 19.8 Å². The Hall–Kier alpha value is -1.83. The van der Waals surface area contributed by atoms with Gasteiger partial charge in [0.15, 0.2) is 36.2 Å². The molecule has 1 aromatic rings. The molecule has 7 heteroatoms. The first-order valence-corrected chi connectivity index (χ1v) is 9.35. The minimum absolute atomic E-state index is 0.123. The van der Waals surface area contributed by atoms with Gasteiger partial charge in [-0.1, -0.05) is 0 Å². The van der Waals surface area contributed by atoms with Gasteiger partial charge in [0, 0.05) is 25.4 Å². The Labute approximate surface area is 161 Å². The van der Waals surface area contributed by atoms with Crippen LogP contribution in [-0.2, 0) is 14.2 Å². The molecule has 0 aliphatic heterocycles. The van der Waals surface area contributed by atoms with E-state index in [1.54, 1.807) is 32.9 Å². The molecule has 7 nitrogen and oxygen atoms in total. The van der Waals surface area contributed by atoms with Gasteiger partial charge in [-0.2, -0.15) is 0 Å². The molecular weight excluding hydrogens is 352 g/mol. The van der Waals surface area contributed by atoms with Crippen molar-refractivity contribution >= 4 is 5.78 Å². The molecule has 0 bridgehead atoms. The molecule has 3 atom stereocenters. The highest BCUT2D eigenvalue weighted by Crippen LogP contribution is 2.41. The summed E-state index contributed by atoms with van der Waals surface area (Å²) < 4.78 is 34.0. The summed E-state index contributed by atoms with van der Waals surface area (Å²) in [5.41, 5.74) is 0.434. The molecule has 0 saturated heterocycles. The first kappa shape index (κ1) is 23.2. The largest absolute Gasteiger partial charge is 0.461 e. The van der Waals surface area contributed by atoms with Crippen LogP contribution in [0.15, 0.2) is 12.1 Å². The molecule has 0 heterocycles. The van der Waals surface area contributed by atoms with E-state index in [-0.39, 0.29) is 5.78 Å². The number of benzene rings is 1. The Bertz CT molecular complexity index is 553. The normalized spacial score (nSPS) is 14.3. The number of hydrogen-bond donors (Lipinski definition) is 0. The maximum Gasteiger partial charge on any atom is 0.206 e. The third-order valence-corrected chi connectivity index (χ3v) is 3.50. The van der Waals surface area contributed by atoms with E-state index in [1.165, 1.54) is 6.92 Å². The van der Waals surface area contributed by atoms with Crippen LogP contribution in [0.4, 0.5) is 0 Å². The van der Waals surface area contributed by atoms with Crippen LogP contribution in [-0.4, -0.2) is 44.5 Å². The minimum atomic E-state index is -0.535. The second-order valence-corrected chi connectivity index (χ2v) is 5.78. The van der Waals surface area contributed by atoms with E-state index >= 15 is 0 Å². The topological polar surface area (TPSA) is 72.5 Å². The molecule has 0 aliphatic carbocycles. The molecule has 0 amide bonds. The number of Topliss-reactive ketones (excluding diaryl/α,β-unsaturated/α-hetero) is 1. The van der Waals surface area contributed by atoms with Crippen LogP contribution < -0.4 is 14.2 Å². The van der Waals surface area contributed by atoms with Gasteiger partial charge in [-0.05, 0) is 60.6 Å². The van der Waals surface area contributed by atoms with Gasteiger partial charge in [-0.3, -0.25) is 4.79 Å². The number of ketones is 1. The molecule has 0 fully saturated rings. The molecule has 0 radical (unpaired) electrons. The van der Waals surface area contributed by atoms with Crippen molar-refractivity contribution < 1.29 is 33.2 Å². The van der Waals surface area contributed by atoms with Gasteiger partial charge >= 0.3 is 0 Å². The highest BCUT2D eigenvalue weighted by atomic mass is 16.7. The maximum atomic E-state index is 12.0. The summed E-state index contributed by atoms with van der Waals surface area (Å²) in [7, 11) is 0. The molecular formula is C20H32O7. The first-order valence-electron chi connectivity index (χ1n) is 9.35. The number of carbonyl (C=O) groups is 1. The second kappa shape index (κ2) is 11.8. The number of carbonyl (C=O) groups excluding carboxylic acids is 1. The Balaban J connectivity index is 3.34. The molecule has 0 aromatic heterocycles. The van der Waals surface area contributed by atoms with Crippen molar-refractivity contribution in [1.82, 2.24) is 0 Å². The average Bonchev–Trinajstić information content (AvgIpc) is 2.57. The fourth-order valence-electron chi connectivity index (χ4n) is 2.40. The SMILES string of the molecule is CCOC(C)Oc1cc(C(C)=O)cc(OC(C)OCC)c1OC(C)OCC. The van der Waals surface area contributed by atoms with Crippen molar-refractivity contribution in [1.29, 1.82) is 0 Å². The van der Waals surface area contributed by atoms with Crippen LogP contribution in [0.25, 0.3) is 0 Å². The average molecular weight is 384 g/mol. The van der Waals surface area contributed by atoms with Crippen LogP contribution in [0.2, 0.25) is 0 Å². The van der Waals surface area contributed by atoms with E-state index < -0.39 is 18.9 Å². The Morgan fingerprint density at radius 3 is 1.48 bits per heavy atom. The second-order valence-electron chi connectivity index (χ2n) is 5.78. The zero-order valence-corrected chi connectivity index (χ0v) is 17.4. The third kappa shape index (κ3) is 7.74. The van der Waals surface area contributed by atoms with Crippen LogP contribution in [0, 0.1) is 0 Å². The van der Waals surface area contributed by atoms with Crippen LogP contribution in [0.3, 0.4) is 0 Å². The fraction of sp³-hybridized carbons (Fsp3) is 0.650. The molecule has 3 unspecified atom stereocenters. The summed E-state index contributed by atoms with van der Waals surface area (Å²) in [4.78, 5) is 12.0. The Kier molecular flexibility index (Phi) is 10.1. The van der Waals surface area contributed by atoms with Crippen LogP contribution >= 0.6 is 0 Å². The summed E-state index contributed by atoms with van der Waals surface area (Å²) in [5.74, 6) is 0.893. The molecule has 0 spiro atoms. The predicted molar refractivity (Wildman–Crippen MR) is 102 cm³/mol. The van der Waals surface area contributed by atoms with Crippen molar-refractivity contribution in [3.63, 3.8) is 0 Å². The van der Waals surface area contributed by atoms with Gasteiger partial charge in [-0.15, -0.1) is 0 Å².